The first-order chi connectivity index (χ1) is 12.1. The molecular weight excluding hydrogens is 314 g/mol. The van der Waals surface area contributed by atoms with Crippen molar-refractivity contribution in [3.63, 3.8) is 0 Å². The van der Waals surface area contributed by atoms with Crippen molar-refractivity contribution in [1.29, 1.82) is 0 Å². The first kappa shape index (κ1) is 15.9. The number of benzene rings is 1. The van der Waals surface area contributed by atoms with Crippen LogP contribution in [0, 0.1) is 6.92 Å². The topological polar surface area (TPSA) is 63.9 Å². The van der Waals surface area contributed by atoms with Gasteiger partial charge in [0.25, 0.3) is 5.56 Å². The molecule has 1 aliphatic rings. The number of likely N-dealkylation sites (tertiary alicyclic amines) is 1. The molecule has 3 heterocycles. The minimum Gasteiger partial charge on any atom is -0.298 e. The van der Waals surface area contributed by atoms with E-state index in [1.807, 2.05) is 44.4 Å². The summed E-state index contributed by atoms with van der Waals surface area (Å²) in [5, 5.41) is 0.669. The largest absolute Gasteiger partial charge is 0.298 e. The molecule has 128 valence electrons. The van der Waals surface area contributed by atoms with Gasteiger partial charge in [-0.2, -0.15) is 0 Å². The Morgan fingerprint density at radius 1 is 1.20 bits per heavy atom. The second kappa shape index (κ2) is 6.37. The third kappa shape index (κ3) is 2.93. The summed E-state index contributed by atoms with van der Waals surface area (Å²) in [6.07, 6.45) is 5.67. The molecule has 1 unspecified atom stereocenters. The molecular formula is C19H21N5O. The molecule has 6 nitrogen and oxygen atoms in total. The number of para-hydroxylation sites is 1. The molecule has 1 aromatic carbocycles. The van der Waals surface area contributed by atoms with Crippen LogP contribution in [0.4, 0.5) is 0 Å². The highest BCUT2D eigenvalue weighted by atomic mass is 16.1. The molecule has 1 fully saturated rings. The van der Waals surface area contributed by atoms with Gasteiger partial charge in [0.2, 0.25) is 0 Å². The van der Waals surface area contributed by atoms with E-state index in [9.17, 15) is 4.79 Å². The van der Waals surface area contributed by atoms with E-state index in [2.05, 4.69) is 14.9 Å². The maximum atomic E-state index is 12.7. The smallest absolute Gasteiger partial charge is 0.261 e. The molecule has 0 amide bonds. The van der Waals surface area contributed by atoms with Crippen molar-refractivity contribution in [2.75, 3.05) is 6.54 Å². The molecule has 1 atom stereocenters. The average molecular weight is 335 g/mol. The zero-order valence-corrected chi connectivity index (χ0v) is 14.5. The molecule has 2 aromatic heterocycles. The number of rotatable bonds is 3. The number of hydrogen-bond donors (Lipinski definition) is 0. The molecule has 25 heavy (non-hydrogen) atoms. The first-order valence-corrected chi connectivity index (χ1v) is 8.61. The standard InChI is InChI=1S/C19H21N5O/c1-13-10-20-11-14(21-13)12-24-9-5-8-17(24)18-22-16-7-4-3-6-15(16)19(25)23(18)2/h3-4,6-7,10-11,17H,5,8-9,12H2,1-2H3. The van der Waals surface area contributed by atoms with Crippen LogP contribution in [0.3, 0.4) is 0 Å². The summed E-state index contributed by atoms with van der Waals surface area (Å²) in [5.41, 5.74) is 2.66. The van der Waals surface area contributed by atoms with Crippen molar-refractivity contribution < 1.29 is 0 Å². The first-order valence-electron chi connectivity index (χ1n) is 8.61. The SMILES string of the molecule is Cc1cncc(CN2CCCC2c2nc3ccccc3c(=O)n2C)n1. The van der Waals surface area contributed by atoms with Gasteiger partial charge in [0.15, 0.2) is 0 Å². The normalized spacial score (nSPS) is 18.1. The summed E-state index contributed by atoms with van der Waals surface area (Å²) in [7, 11) is 1.82. The number of hydrogen-bond acceptors (Lipinski definition) is 5. The van der Waals surface area contributed by atoms with E-state index in [1.54, 1.807) is 10.8 Å². The maximum absolute atomic E-state index is 12.7. The lowest BCUT2D eigenvalue weighted by Gasteiger charge is -2.25. The fourth-order valence-corrected chi connectivity index (χ4v) is 3.64. The van der Waals surface area contributed by atoms with Gasteiger partial charge in [0, 0.05) is 26.0 Å². The van der Waals surface area contributed by atoms with E-state index in [4.69, 9.17) is 4.98 Å². The van der Waals surface area contributed by atoms with Crippen LogP contribution < -0.4 is 5.56 Å². The van der Waals surface area contributed by atoms with Crippen molar-refractivity contribution in [3.05, 3.63) is 64.2 Å². The van der Waals surface area contributed by atoms with E-state index in [0.29, 0.717) is 5.39 Å². The molecule has 1 aliphatic heterocycles. The van der Waals surface area contributed by atoms with Crippen molar-refractivity contribution >= 4 is 10.9 Å². The summed E-state index contributed by atoms with van der Waals surface area (Å²) in [4.78, 5) is 28.7. The number of fused-ring (bicyclic) bond motifs is 1. The molecule has 0 bridgehead atoms. The fraction of sp³-hybridized carbons (Fsp3) is 0.368. The molecule has 6 heteroatoms. The summed E-state index contributed by atoms with van der Waals surface area (Å²) >= 11 is 0. The van der Waals surface area contributed by atoms with E-state index in [0.717, 1.165) is 48.7 Å². The third-order valence-electron chi connectivity index (χ3n) is 4.85. The van der Waals surface area contributed by atoms with Crippen LogP contribution in [0.1, 0.15) is 36.1 Å². The Labute approximate surface area is 146 Å². The second-order valence-corrected chi connectivity index (χ2v) is 6.63. The molecule has 0 N–H and O–H groups in total. The lowest BCUT2D eigenvalue weighted by molar-refractivity contribution is 0.232. The maximum Gasteiger partial charge on any atom is 0.261 e. The van der Waals surface area contributed by atoms with Gasteiger partial charge in [-0.1, -0.05) is 12.1 Å². The van der Waals surface area contributed by atoms with Crippen LogP contribution in [0.25, 0.3) is 10.9 Å². The Morgan fingerprint density at radius 2 is 2.04 bits per heavy atom. The molecule has 0 radical (unpaired) electrons. The van der Waals surface area contributed by atoms with E-state index < -0.39 is 0 Å². The Bertz CT molecular complexity index is 981. The van der Waals surface area contributed by atoms with Gasteiger partial charge < -0.3 is 0 Å². The number of aryl methyl sites for hydroxylation is 1. The van der Waals surface area contributed by atoms with Gasteiger partial charge in [0.1, 0.15) is 5.82 Å². The average Bonchev–Trinajstić information content (AvgIpc) is 3.06. The highest BCUT2D eigenvalue weighted by molar-refractivity contribution is 5.77. The summed E-state index contributed by atoms with van der Waals surface area (Å²) in [5.74, 6) is 0.835. The van der Waals surface area contributed by atoms with Crippen LogP contribution in [0.15, 0.2) is 41.5 Å². The summed E-state index contributed by atoms with van der Waals surface area (Å²) in [6.45, 7) is 3.65. The van der Waals surface area contributed by atoms with E-state index in [-0.39, 0.29) is 11.6 Å². The van der Waals surface area contributed by atoms with Gasteiger partial charge in [-0.3, -0.25) is 24.2 Å². The number of nitrogens with zero attached hydrogens (tertiary/aromatic N) is 5. The molecule has 0 spiro atoms. The lowest BCUT2D eigenvalue weighted by atomic mass is 10.1. The van der Waals surface area contributed by atoms with E-state index in [1.165, 1.54) is 0 Å². The van der Waals surface area contributed by atoms with Crippen LogP contribution >= 0.6 is 0 Å². The summed E-state index contributed by atoms with van der Waals surface area (Å²) < 4.78 is 1.70. The predicted octanol–water partition coefficient (Wildman–Crippen LogP) is 2.37. The van der Waals surface area contributed by atoms with Crippen molar-refractivity contribution in [3.8, 4) is 0 Å². The van der Waals surface area contributed by atoms with Crippen LogP contribution in [-0.2, 0) is 13.6 Å². The fourth-order valence-electron chi connectivity index (χ4n) is 3.64. The predicted molar refractivity (Wildman–Crippen MR) is 96.1 cm³/mol. The lowest BCUT2D eigenvalue weighted by Crippen LogP contribution is -2.30. The Kier molecular flexibility index (Phi) is 4.05. The van der Waals surface area contributed by atoms with Crippen LogP contribution in [-0.4, -0.2) is 31.0 Å². The highest BCUT2D eigenvalue weighted by Gasteiger charge is 2.30. The minimum absolute atomic E-state index is 0.0165. The van der Waals surface area contributed by atoms with Crippen LogP contribution in [0.2, 0.25) is 0 Å². The third-order valence-corrected chi connectivity index (χ3v) is 4.85. The minimum atomic E-state index is 0.0165. The van der Waals surface area contributed by atoms with Crippen molar-refractivity contribution in [2.45, 2.75) is 32.4 Å². The molecule has 3 aromatic rings. The summed E-state index contributed by atoms with van der Waals surface area (Å²) in [6, 6.07) is 7.68. The zero-order chi connectivity index (χ0) is 17.4. The van der Waals surface area contributed by atoms with Crippen molar-refractivity contribution in [1.82, 2.24) is 24.4 Å². The monoisotopic (exact) mass is 335 g/mol. The molecule has 0 saturated carbocycles. The van der Waals surface area contributed by atoms with Gasteiger partial charge in [0.05, 0.1) is 28.3 Å². The van der Waals surface area contributed by atoms with Crippen LogP contribution in [0.5, 0.6) is 0 Å². The Hall–Kier alpha value is -2.60. The molecule has 4 rings (SSSR count). The van der Waals surface area contributed by atoms with Gasteiger partial charge in [-0.25, -0.2) is 4.98 Å². The Morgan fingerprint density at radius 3 is 2.88 bits per heavy atom. The molecule has 0 aliphatic carbocycles. The van der Waals surface area contributed by atoms with E-state index >= 15 is 0 Å². The number of aromatic nitrogens is 4. The van der Waals surface area contributed by atoms with Gasteiger partial charge >= 0.3 is 0 Å². The molecule has 1 saturated heterocycles. The zero-order valence-electron chi connectivity index (χ0n) is 14.5. The highest BCUT2D eigenvalue weighted by Crippen LogP contribution is 2.31. The quantitative estimate of drug-likeness (QED) is 0.735. The van der Waals surface area contributed by atoms with Crippen molar-refractivity contribution in [2.24, 2.45) is 7.05 Å². The second-order valence-electron chi connectivity index (χ2n) is 6.63. The van der Waals surface area contributed by atoms with Gasteiger partial charge in [-0.05, 0) is 38.4 Å². The van der Waals surface area contributed by atoms with Gasteiger partial charge in [-0.15, -0.1) is 0 Å². The Balaban J connectivity index is 1.72.